The van der Waals surface area contributed by atoms with Crippen LogP contribution in [0.1, 0.15) is 181 Å². The SMILES string of the molecule is CC/C=C\C/C=C\C/C=C\C/C=C\C/C=C\C/C=C\C/C=C\CCCCCCCCCCCCCC(=O)OC(CO)COC(=O)CCCCCCC. The number of ether oxygens (including phenoxy) is 2. The minimum Gasteiger partial charge on any atom is -0.462 e. The molecule has 296 valence electrons. The molecule has 0 spiro atoms. The molecule has 0 aromatic heterocycles. The Balaban J connectivity index is 3.52. The van der Waals surface area contributed by atoms with Crippen molar-refractivity contribution in [3.05, 3.63) is 85.1 Å². The molecule has 1 N–H and O–H groups in total. The zero-order valence-electron chi connectivity index (χ0n) is 33.5. The lowest BCUT2D eigenvalue weighted by molar-refractivity contribution is -0.161. The van der Waals surface area contributed by atoms with Gasteiger partial charge < -0.3 is 14.6 Å². The fraction of sp³-hybridized carbons (Fsp3) is 0.660. The van der Waals surface area contributed by atoms with Crippen LogP contribution in [0, 0.1) is 0 Å². The first kappa shape index (κ1) is 49.1. The highest BCUT2D eigenvalue weighted by Gasteiger charge is 2.16. The van der Waals surface area contributed by atoms with Crippen molar-refractivity contribution in [1.82, 2.24) is 0 Å². The van der Waals surface area contributed by atoms with Crippen LogP contribution in [-0.4, -0.2) is 36.4 Å². The summed E-state index contributed by atoms with van der Waals surface area (Å²) in [6.45, 7) is 3.92. The van der Waals surface area contributed by atoms with E-state index in [4.69, 9.17) is 9.47 Å². The maximum Gasteiger partial charge on any atom is 0.306 e. The Morgan fingerprint density at radius 2 is 0.827 bits per heavy atom. The van der Waals surface area contributed by atoms with Gasteiger partial charge in [-0.25, -0.2) is 0 Å². The number of carbonyl (C=O) groups excluding carboxylic acids is 2. The quantitative estimate of drug-likeness (QED) is 0.0393. The molecule has 0 saturated heterocycles. The number of hydrogen-bond donors (Lipinski definition) is 1. The van der Waals surface area contributed by atoms with E-state index in [1.54, 1.807) is 0 Å². The number of aliphatic hydroxyl groups excluding tert-OH is 1. The van der Waals surface area contributed by atoms with E-state index in [1.807, 2.05) is 0 Å². The van der Waals surface area contributed by atoms with Gasteiger partial charge in [0.05, 0.1) is 6.61 Å². The normalized spacial score (nSPS) is 13.1. The Bertz CT molecular complexity index is 999. The van der Waals surface area contributed by atoms with Gasteiger partial charge in [0, 0.05) is 12.8 Å². The lowest BCUT2D eigenvalue weighted by atomic mass is 10.0. The van der Waals surface area contributed by atoms with Crippen molar-refractivity contribution in [2.45, 2.75) is 187 Å². The van der Waals surface area contributed by atoms with Crippen LogP contribution >= 0.6 is 0 Å². The van der Waals surface area contributed by atoms with Gasteiger partial charge in [0.15, 0.2) is 6.10 Å². The molecule has 52 heavy (non-hydrogen) atoms. The van der Waals surface area contributed by atoms with Crippen LogP contribution in [0.2, 0.25) is 0 Å². The van der Waals surface area contributed by atoms with Gasteiger partial charge in [0.1, 0.15) is 6.61 Å². The number of rotatable bonds is 37. The summed E-state index contributed by atoms with van der Waals surface area (Å²) >= 11 is 0. The number of esters is 2. The van der Waals surface area contributed by atoms with Gasteiger partial charge in [-0.15, -0.1) is 0 Å². The van der Waals surface area contributed by atoms with Gasteiger partial charge in [0.25, 0.3) is 0 Å². The van der Waals surface area contributed by atoms with Crippen LogP contribution in [0.4, 0.5) is 0 Å². The molecular weight excluding hydrogens is 645 g/mol. The van der Waals surface area contributed by atoms with E-state index in [1.165, 1.54) is 70.6 Å². The minimum absolute atomic E-state index is 0.0706. The first-order chi connectivity index (χ1) is 25.6. The first-order valence-corrected chi connectivity index (χ1v) is 21.1. The maximum atomic E-state index is 12.1. The standard InChI is InChI=1S/C47H78O5/c1-3-5-7-9-10-11-12-13-14-15-16-17-18-19-20-21-22-23-24-25-26-27-28-29-30-31-32-33-34-35-36-38-40-42-47(50)52-45(43-48)44-51-46(49)41-39-37-8-6-4-2/h5,7,10-11,13-14,16-17,19-20,22-23,25-26,45,48H,3-4,6,8-9,12,15,18,21,24,27-44H2,1-2H3/b7-5-,11-10-,14-13-,17-16-,20-19-,23-22-,26-25-. The van der Waals surface area contributed by atoms with Crippen molar-refractivity contribution in [1.29, 1.82) is 0 Å². The summed E-state index contributed by atoms with van der Waals surface area (Å²) in [5, 5.41) is 9.48. The predicted molar refractivity (Wildman–Crippen MR) is 223 cm³/mol. The van der Waals surface area contributed by atoms with Gasteiger partial charge in [-0.05, 0) is 70.6 Å². The summed E-state index contributed by atoms with van der Waals surface area (Å²) < 4.78 is 10.5. The van der Waals surface area contributed by atoms with Gasteiger partial charge in [-0.2, -0.15) is 0 Å². The second-order valence-electron chi connectivity index (χ2n) is 13.7. The van der Waals surface area contributed by atoms with Crippen molar-refractivity contribution < 1.29 is 24.2 Å². The largest absolute Gasteiger partial charge is 0.462 e. The van der Waals surface area contributed by atoms with Crippen molar-refractivity contribution in [2.24, 2.45) is 0 Å². The molecule has 0 fully saturated rings. The molecule has 5 heteroatoms. The fourth-order valence-corrected chi connectivity index (χ4v) is 5.53. The molecule has 0 rings (SSSR count). The third kappa shape index (κ3) is 39.9. The number of hydrogen-bond acceptors (Lipinski definition) is 5. The Morgan fingerprint density at radius 1 is 0.462 bits per heavy atom. The molecule has 1 unspecified atom stereocenters. The van der Waals surface area contributed by atoms with Crippen molar-refractivity contribution >= 4 is 11.9 Å². The highest BCUT2D eigenvalue weighted by molar-refractivity contribution is 5.70. The molecule has 1 atom stereocenters. The van der Waals surface area contributed by atoms with E-state index in [9.17, 15) is 14.7 Å². The molecule has 0 aromatic carbocycles. The number of carbonyl (C=O) groups is 2. The first-order valence-electron chi connectivity index (χ1n) is 21.1. The van der Waals surface area contributed by atoms with Crippen LogP contribution in [-0.2, 0) is 19.1 Å². The lowest BCUT2D eigenvalue weighted by Crippen LogP contribution is -2.28. The van der Waals surface area contributed by atoms with Crippen LogP contribution in [0.25, 0.3) is 0 Å². The summed E-state index contributed by atoms with van der Waals surface area (Å²) in [7, 11) is 0. The van der Waals surface area contributed by atoms with Crippen LogP contribution < -0.4 is 0 Å². The molecule has 5 nitrogen and oxygen atoms in total. The molecular formula is C47H78O5. The Kier molecular flexibility index (Phi) is 40.1. The third-order valence-corrected chi connectivity index (χ3v) is 8.70. The second-order valence-corrected chi connectivity index (χ2v) is 13.7. The van der Waals surface area contributed by atoms with Crippen molar-refractivity contribution in [3.8, 4) is 0 Å². The fourth-order valence-electron chi connectivity index (χ4n) is 5.53. The molecule has 0 aromatic rings. The van der Waals surface area contributed by atoms with Gasteiger partial charge in [-0.3, -0.25) is 9.59 Å². The zero-order valence-corrected chi connectivity index (χ0v) is 33.5. The third-order valence-electron chi connectivity index (χ3n) is 8.70. The van der Waals surface area contributed by atoms with Crippen LogP contribution in [0.15, 0.2) is 85.1 Å². The lowest BCUT2D eigenvalue weighted by Gasteiger charge is -2.15. The summed E-state index contributed by atoms with van der Waals surface area (Å²) in [5.41, 5.74) is 0. The van der Waals surface area contributed by atoms with E-state index >= 15 is 0 Å². The smallest absolute Gasteiger partial charge is 0.306 e. The summed E-state index contributed by atoms with van der Waals surface area (Å²) in [5.74, 6) is -0.613. The average molecular weight is 723 g/mol. The maximum absolute atomic E-state index is 12.1. The minimum atomic E-state index is -0.771. The molecule has 0 aliphatic heterocycles. The number of allylic oxidation sites excluding steroid dienone is 14. The molecule has 0 saturated carbocycles. The average Bonchev–Trinajstić information content (AvgIpc) is 3.15. The molecule has 0 bridgehead atoms. The summed E-state index contributed by atoms with van der Waals surface area (Å²) in [4.78, 5) is 24.0. The van der Waals surface area contributed by atoms with Crippen LogP contribution in [0.5, 0.6) is 0 Å². The summed E-state index contributed by atoms with van der Waals surface area (Å²) in [6, 6.07) is 0. The predicted octanol–water partition coefficient (Wildman–Crippen LogP) is 13.5. The highest BCUT2D eigenvalue weighted by Crippen LogP contribution is 2.13. The summed E-state index contributed by atoms with van der Waals surface area (Å²) in [6.07, 6.45) is 58.4. The highest BCUT2D eigenvalue weighted by atomic mass is 16.6. The van der Waals surface area contributed by atoms with E-state index < -0.39 is 6.10 Å². The van der Waals surface area contributed by atoms with E-state index in [0.29, 0.717) is 12.8 Å². The van der Waals surface area contributed by atoms with E-state index in [-0.39, 0.29) is 25.2 Å². The zero-order chi connectivity index (χ0) is 37.8. The Morgan fingerprint density at radius 3 is 1.25 bits per heavy atom. The molecule has 0 aliphatic rings. The van der Waals surface area contributed by atoms with Gasteiger partial charge >= 0.3 is 11.9 Å². The topological polar surface area (TPSA) is 72.8 Å². The molecule has 0 heterocycles. The van der Waals surface area contributed by atoms with Gasteiger partial charge in [-0.1, -0.05) is 182 Å². The Labute approximate surface area is 320 Å². The molecule has 0 aliphatic carbocycles. The Hall–Kier alpha value is -2.92. The van der Waals surface area contributed by atoms with Crippen molar-refractivity contribution in [3.63, 3.8) is 0 Å². The second kappa shape index (κ2) is 42.5. The molecule has 0 radical (unpaired) electrons. The van der Waals surface area contributed by atoms with E-state index in [0.717, 1.165) is 83.5 Å². The van der Waals surface area contributed by atoms with Gasteiger partial charge in [0.2, 0.25) is 0 Å². The van der Waals surface area contributed by atoms with Crippen molar-refractivity contribution in [2.75, 3.05) is 13.2 Å². The van der Waals surface area contributed by atoms with Crippen LogP contribution in [0.3, 0.4) is 0 Å². The number of aliphatic hydroxyl groups is 1. The molecule has 0 amide bonds. The number of unbranched alkanes of at least 4 members (excludes halogenated alkanes) is 15. The monoisotopic (exact) mass is 723 g/mol. The van der Waals surface area contributed by atoms with E-state index in [2.05, 4.69) is 98.9 Å².